The van der Waals surface area contributed by atoms with Crippen molar-refractivity contribution in [2.45, 2.75) is 31.3 Å². The van der Waals surface area contributed by atoms with Gasteiger partial charge in [-0.1, -0.05) is 6.92 Å². The fourth-order valence-electron chi connectivity index (χ4n) is 1.82. The lowest BCUT2D eigenvalue weighted by Gasteiger charge is -2.27. The second-order valence-electron chi connectivity index (χ2n) is 5.22. The summed E-state index contributed by atoms with van der Waals surface area (Å²) in [6, 6.07) is 3.20. The van der Waals surface area contributed by atoms with Crippen LogP contribution in [0.1, 0.15) is 20.8 Å². The molecule has 0 heterocycles. The van der Waals surface area contributed by atoms with Gasteiger partial charge in [-0.15, -0.1) is 0 Å². The number of hydrogen-bond acceptors (Lipinski definition) is 6. The smallest absolute Gasteiger partial charge is 0.271 e. The Labute approximate surface area is 123 Å². The van der Waals surface area contributed by atoms with Gasteiger partial charge in [0.1, 0.15) is 4.90 Å². The second-order valence-corrected chi connectivity index (χ2v) is 7.13. The van der Waals surface area contributed by atoms with Crippen molar-refractivity contribution in [1.29, 1.82) is 0 Å². The number of nitrogens with two attached hydrogens (primary N) is 1. The number of rotatable bonds is 6. The van der Waals surface area contributed by atoms with Crippen LogP contribution >= 0.6 is 0 Å². The minimum absolute atomic E-state index is 0.109. The molecule has 0 amide bonds. The molecule has 118 valence electrons. The van der Waals surface area contributed by atoms with E-state index in [0.29, 0.717) is 0 Å². The van der Waals surface area contributed by atoms with Gasteiger partial charge in [0.05, 0.1) is 16.2 Å². The lowest BCUT2D eigenvalue weighted by Crippen LogP contribution is -2.42. The highest BCUT2D eigenvalue weighted by atomic mass is 32.2. The van der Waals surface area contributed by atoms with Crippen LogP contribution in [0.2, 0.25) is 0 Å². The minimum Gasteiger partial charge on any atom is -0.397 e. The maximum absolute atomic E-state index is 12.5. The first-order valence-corrected chi connectivity index (χ1v) is 7.69. The summed E-state index contributed by atoms with van der Waals surface area (Å²) < 4.78 is 26.1. The summed E-state index contributed by atoms with van der Waals surface area (Å²) in [6.07, 6.45) is 0. The number of sulfonamides is 1. The molecule has 0 aliphatic rings. The monoisotopic (exact) mass is 317 g/mol. The average Bonchev–Trinajstić information content (AvgIpc) is 2.34. The molecular formula is C12H19N3O5S. The van der Waals surface area contributed by atoms with Crippen molar-refractivity contribution in [2.75, 3.05) is 18.8 Å². The van der Waals surface area contributed by atoms with Gasteiger partial charge < -0.3 is 10.8 Å². The minimum atomic E-state index is -3.93. The Morgan fingerprint density at radius 3 is 2.38 bits per heavy atom. The van der Waals surface area contributed by atoms with Gasteiger partial charge in [-0.2, -0.15) is 4.31 Å². The number of likely N-dealkylation sites (N-methyl/N-ethyl adjacent to an activating group) is 1. The van der Waals surface area contributed by atoms with E-state index in [2.05, 4.69) is 0 Å². The Morgan fingerprint density at radius 1 is 1.43 bits per heavy atom. The third-order valence-electron chi connectivity index (χ3n) is 2.74. The first-order valence-electron chi connectivity index (χ1n) is 6.25. The first-order chi connectivity index (χ1) is 9.49. The molecule has 3 N–H and O–H groups in total. The van der Waals surface area contributed by atoms with Crippen LogP contribution in [-0.2, 0) is 10.0 Å². The molecule has 1 aromatic rings. The van der Waals surface area contributed by atoms with Crippen LogP contribution in [0.3, 0.4) is 0 Å². The van der Waals surface area contributed by atoms with Gasteiger partial charge in [0.15, 0.2) is 0 Å². The molecule has 9 heteroatoms. The van der Waals surface area contributed by atoms with Crippen molar-refractivity contribution in [3.05, 3.63) is 28.3 Å². The van der Waals surface area contributed by atoms with Crippen LogP contribution in [0, 0.1) is 10.1 Å². The lowest BCUT2D eigenvalue weighted by molar-refractivity contribution is -0.384. The summed E-state index contributed by atoms with van der Waals surface area (Å²) in [5, 5.41) is 20.4. The van der Waals surface area contributed by atoms with Crippen molar-refractivity contribution < 1.29 is 18.4 Å². The zero-order valence-electron chi connectivity index (χ0n) is 12.1. The number of anilines is 1. The van der Waals surface area contributed by atoms with E-state index in [-0.39, 0.29) is 29.4 Å². The highest BCUT2D eigenvalue weighted by Gasteiger charge is 2.30. The number of nitro benzene ring substituents is 1. The average molecular weight is 317 g/mol. The molecule has 1 aromatic carbocycles. The third-order valence-corrected chi connectivity index (χ3v) is 4.73. The van der Waals surface area contributed by atoms with Gasteiger partial charge in [0.25, 0.3) is 5.69 Å². The number of benzene rings is 1. The molecule has 1 rings (SSSR count). The van der Waals surface area contributed by atoms with Crippen molar-refractivity contribution in [3.63, 3.8) is 0 Å². The van der Waals surface area contributed by atoms with Crippen LogP contribution in [0.15, 0.2) is 23.1 Å². The number of aliphatic hydroxyl groups is 1. The van der Waals surface area contributed by atoms with Gasteiger partial charge in [-0.05, 0) is 19.9 Å². The predicted molar refractivity (Wildman–Crippen MR) is 78.2 cm³/mol. The highest BCUT2D eigenvalue weighted by Crippen LogP contribution is 2.27. The number of nitro groups is 1. The van der Waals surface area contributed by atoms with E-state index < -0.39 is 20.5 Å². The van der Waals surface area contributed by atoms with Crippen molar-refractivity contribution in [3.8, 4) is 0 Å². The molecule has 8 nitrogen and oxygen atoms in total. The van der Waals surface area contributed by atoms with Crippen LogP contribution in [0.4, 0.5) is 11.4 Å². The highest BCUT2D eigenvalue weighted by molar-refractivity contribution is 7.89. The largest absolute Gasteiger partial charge is 0.397 e. The summed E-state index contributed by atoms with van der Waals surface area (Å²) in [4.78, 5) is 9.79. The summed E-state index contributed by atoms with van der Waals surface area (Å²) in [5.41, 5.74) is 3.94. The Hall–Kier alpha value is -1.71. The van der Waals surface area contributed by atoms with Crippen molar-refractivity contribution in [2.24, 2.45) is 0 Å². The molecule has 0 spiro atoms. The van der Waals surface area contributed by atoms with Gasteiger partial charge in [0, 0.05) is 25.2 Å². The molecular weight excluding hydrogens is 298 g/mol. The van der Waals surface area contributed by atoms with Crippen molar-refractivity contribution in [1.82, 2.24) is 4.31 Å². The van der Waals surface area contributed by atoms with Crippen LogP contribution in [0.5, 0.6) is 0 Å². The summed E-state index contributed by atoms with van der Waals surface area (Å²) in [6.45, 7) is 4.64. The normalized spacial score (nSPS) is 12.6. The summed E-state index contributed by atoms with van der Waals surface area (Å²) in [5.74, 6) is 0. The zero-order valence-corrected chi connectivity index (χ0v) is 12.9. The van der Waals surface area contributed by atoms with E-state index in [1.165, 1.54) is 13.8 Å². The maximum Gasteiger partial charge on any atom is 0.271 e. The number of hydrogen-bond donors (Lipinski definition) is 2. The van der Waals surface area contributed by atoms with Gasteiger partial charge >= 0.3 is 0 Å². The number of nitrogen functional groups attached to an aromatic ring is 1. The van der Waals surface area contributed by atoms with Crippen molar-refractivity contribution >= 4 is 21.4 Å². The van der Waals surface area contributed by atoms with Crippen LogP contribution in [-0.4, -0.2) is 41.4 Å². The molecule has 0 aromatic heterocycles. The first kappa shape index (κ1) is 17.3. The fraction of sp³-hybridized carbons (Fsp3) is 0.500. The molecule has 0 saturated heterocycles. The molecule has 21 heavy (non-hydrogen) atoms. The standard InChI is InChI=1S/C12H19N3O5S/c1-4-14(8-12(2,3)16)21(19,20)11-6-5-9(15(17)18)7-10(11)13/h5-7,16H,4,8,13H2,1-3H3. The number of non-ortho nitro benzene ring substituents is 1. The van der Waals surface area contributed by atoms with E-state index >= 15 is 0 Å². The van der Waals surface area contributed by atoms with Gasteiger partial charge in [-0.25, -0.2) is 8.42 Å². The van der Waals surface area contributed by atoms with E-state index in [9.17, 15) is 23.6 Å². The zero-order chi connectivity index (χ0) is 16.4. The van der Waals surface area contributed by atoms with Crippen LogP contribution in [0.25, 0.3) is 0 Å². The predicted octanol–water partition coefficient (Wildman–Crippen LogP) is 0.958. The van der Waals surface area contributed by atoms with E-state index in [1.807, 2.05) is 0 Å². The van der Waals surface area contributed by atoms with E-state index in [4.69, 9.17) is 5.73 Å². The molecule has 0 aliphatic heterocycles. The lowest BCUT2D eigenvalue weighted by atomic mass is 10.1. The number of nitrogens with zero attached hydrogens (tertiary/aromatic N) is 2. The Morgan fingerprint density at radius 2 is 2.00 bits per heavy atom. The Bertz CT molecular complexity index is 637. The molecule has 0 aliphatic carbocycles. The Kier molecular flexibility index (Phi) is 4.92. The molecule has 0 unspecified atom stereocenters. The molecule has 0 saturated carbocycles. The summed E-state index contributed by atoms with van der Waals surface area (Å²) in [7, 11) is -3.93. The van der Waals surface area contributed by atoms with Gasteiger partial charge in [0.2, 0.25) is 10.0 Å². The third kappa shape index (κ3) is 4.13. The SMILES string of the molecule is CCN(CC(C)(C)O)S(=O)(=O)c1ccc([N+](=O)[O-])cc1N. The van der Waals surface area contributed by atoms with Gasteiger partial charge in [-0.3, -0.25) is 10.1 Å². The molecule has 0 bridgehead atoms. The van der Waals surface area contributed by atoms with Crippen LogP contribution < -0.4 is 5.73 Å². The fourth-order valence-corrected chi connectivity index (χ4v) is 3.52. The molecule has 0 atom stereocenters. The quantitative estimate of drug-likeness (QED) is 0.457. The Balaban J connectivity index is 3.26. The van der Waals surface area contributed by atoms with E-state index in [0.717, 1.165) is 22.5 Å². The maximum atomic E-state index is 12.5. The second kappa shape index (κ2) is 5.96. The topological polar surface area (TPSA) is 127 Å². The summed E-state index contributed by atoms with van der Waals surface area (Å²) >= 11 is 0. The molecule has 0 fully saturated rings. The van der Waals surface area contributed by atoms with E-state index in [1.54, 1.807) is 6.92 Å². The molecule has 0 radical (unpaired) electrons.